The normalized spacial score (nSPS) is 13.3. The Labute approximate surface area is 152 Å². The van der Waals surface area contributed by atoms with Gasteiger partial charge in [-0.05, 0) is 36.2 Å². The highest BCUT2D eigenvalue weighted by molar-refractivity contribution is 5.99. The average molecular weight is 348 g/mol. The van der Waals surface area contributed by atoms with Crippen molar-refractivity contribution >= 4 is 28.9 Å². The van der Waals surface area contributed by atoms with Crippen molar-refractivity contribution in [2.45, 2.75) is 19.3 Å². The van der Waals surface area contributed by atoms with Crippen LogP contribution in [0.5, 0.6) is 0 Å². The number of nitriles is 1. The molecule has 26 heavy (non-hydrogen) atoms. The number of benzene rings is 2. The van der Waals surface area contributed by atoms with Crippen LogP contribution in [0.3, 0.4) is 0 Å². The van der Waals surface area contributed by atoms with E-state index in [1.807, 2.05) is 36.4 Å². The fraction of sp³-hybridized carbons (Fsp3) is 0.250. The standard InChI is InChI=1S/C20H20N4O2/c21-12-11-15-7-9-16(10-8-15)23-19(25)14-22-17-4-1-2-5-18(17)24-13-3-6-20(24)26/h1-2,4-5,7-10,22H,3,6,11,13-14H2,(H,23,25). The van der Waals surface area contributed by atoms with Gasteiger partial charge in [-0.25, -0.2) is 0 Å². The third-order valence-corrected chi connectivity index (χ3v) is 4.23. The van der Waals surface area contributed by atoms with Crippen LogP contribution in [0.15, 0.2) is 48.5 Å². The first-order chi connectivity index (χ1) is 12.7. The zero-order chi connectivity index (χ0) is 18.4. The fourth-order valence-electron chi connectivity index (χ4n) is 2.94. The molecule has 0 radical (unpaired) electrons. The summed E-state index contributed by atoms with van der Waals surface area (Å²) in [6.45, 7) is 0.803. The van der Waals surface area contributed by atoms with E-state index in [0.29, 0.717) is 25.1 Å². The van der Waals surface area contributed by atoms with Crippen molar-refractivity contribution in [1.29, 1.82) is 5.26 Å². The highest BCUT2D eigenvalue weighted by Gasteiger charge is 2.23. The zero-order valence-corrected chi connectivity index (χ0v) is 14.4. The number of carbonyl (C=O) groups excluding carboxylic acids is 2. The van der Waals surface area contributed by atoms with Crippen LogP contribution in [-0.2, 0) is 16.0 Å². The minimum absolute atomic E-state index is 0.0962. The van der Waals surface area contributed by atoms with Crippen molar-refractivity contribution < 1.29 is 9.59 Å². The number of amides is 2. The Balaban J connectivity index is 1.60. The Kier molecular flexibility index (Phi) is 5.49. The Morgan fingerprint density at radius 2 is 1.92 bits per heavy atom. The molecule has 2 aromatic carbocycles. The Hall–Kier alpha value is -3.33. The minimum atomic E-state index is -0.180. The third kappa shape index (κ3) is 4.19. The lowest BCUT2D eigenvalue weighted by molar-refractivity contribution is -0.117. The van der Waals surface area contributed by atoms with Gasteiger partial charge in [-0.15, -0.1) is 0 Å². The molecule has 1 saturated heterocycles. The molecule has 0 bridgehead atoms. The van der Waals surface area contributed by atoms with Gasteiger partial charge in [0.05, 0.1) is 30.4 Å². The van der Waals surface area contributed by atoms with E-state index in [1.54, 1.807) is 17.0 Å². The van der Waals surface area contributed by atoms with Crippen LogP contribution < -0.4 is 15.5 Å². The maximum atomic E-state index is 12.2. The molecule has 0 unspecified atom stereocenters. The average Bonchev–Trinajstić information content (AvgIpc) is 3.08. The largest absolute Gasteiger partial charge is 0.374 e. The van der Waals surface area contributed by atoms with Crippen LogP contribution in [0, 0.1) is 11.3 Å². The Morgan fingerprint density at radius 1 is 1.15 bits per heavy atom. The van der Waals surface area contributed by atoms with Gasteiger partial charge in [0.15, 0.2) is 0 Å². The van der Waals surface area contributed by atoms with Gasteiger partial charge in [0.1, 0.15) is 0 Å². The van der Waals surface area contributed by atoms with Crippen molar-refractivity contribution in [3.63, 3.8) is 0 Å². The van der Waals surface area contributed by atoms with Gasteiger partial charge in [-0.1, -0.05) is 24.3 Å². The number of rotatable bonds is 6. The molecule has 6 heteroatoms. The van der Waals surface area contributed by atoms with Crippen LogP contribution in [0.1, 0.15) is 18.4 Å². The first-order valence-corrected chi connectivity index (χ1v) is 8.56. The van der Waals surface area contributed by atoms with Crippen molar-refractivity contribution in [2.24, 2.45) is 0 Å². The summed E-state index contributed by atoms with van der Waals surface area (Å²) in [5.41, 5.74) is 3.17. The van der Waals surface area contributed by atoms with Gasteiger partial charge in [-0.3, -0.25) is 9.59 Å². The van der Waals surface area contributed by atoms with Crippen molar-refractivity contribution in [1.82, 2.24) is 0 Å². The number of carbonyl (C=O) groups is 2. The summed E-state index contributed by atoms with van der Waals surface area (Å²) in [6.07, 6.45) is 1.77. The van der Waals surface area contributed by atoms with E-state index in [-0.39, 0.29) is 18.4 Å². The van der Waals surface area contributed by atoms with Crippen LogP contribution in [0.25, 0.3) is 0 Å². The number of para-hydroxylation sites is 2. The Bertz CT molecular complexity index is 840. The van der Waals surface area contributed by atoms with Gasteiger partial charge < -0.3 is 15.5 Å². The zero-order valence-electron chi connectivity index (χ0n) is 14.4. The lowest BCUT2D eigenvalue weighted by Crippen LogP contribution is -2.26. The molecule has 132 valence electrons. The maximum Gasteiger partial charge on any atom is 0.243 e. The summed E-state index contributed by atoms with van der Waals surface area (Å²) in [5.74, 6) is -0.0678. The summed E-state index contributed by atoms with van der Waals surface area (Å²) in [7, 11) is 0. The highest BCUT2D eigenvalue weighted by Crippen LogP contribution is 2.29. The molecule has 1 fully saturated rings. The first-order valence-electron chi connectivity index (χ1n) is 8.56. The predicted octanol–water partition coefficient (Wildman–Crippen LogP) is 2.93. The van der Waals surface area contributed by atoms with E-state index in [0.717, 1.165) is 23.4 Å². The number of anilines is 3. The van der Waals surface area contributed by atoms with Gasteiger partial charge in [0.25, 0.3) is 0 Å². The predicted molar refractivity (Wildman–Crippen MR) is 101 cm³/mol. The smallest absolute Gasteiger partial charge is 0.243 e. The SMILES string of the molecule is N#CCc1ccc(NC(=O)CNc2ccccc2N2CCCC2=O)cc1. The molecule has 0 aliphatic carbocycles. The molecule has 0 spiro atoms. The summed E-state index contributed by atoms with van der Waals surface area (Å²) in [4.78, 5) is 25.9. The molecule has 0 aromatic heterocycles. The van der Waals surface area contributed by atoms with Crippen LogP contribution in [-0.4, -0.2) is 24.9 Å². The monoisotopic (exact) mass is 348 g/mol. The van der Waals surface area contributed by atoms with Crippen LogP contribution in [0.2, 0.25) is 0 Å². The second-order valence-corrected chi connectivity index (χ2v) is 6.10. The Morgan fingerprint density at radius 3 is 2.62 bits per heavy atom. The molecular weight excluding hydrogens is 328 g/mol. The second kappa shape index (κ2) is 8.17. The van der Waals surface area contributed by atoms with Crippen LogP contribution >= 0.6 is 0 Å². The quantitative estimate of drug-likeness (QED) is 0.840. The number of hydrogen-bond donors (Lipinski definition) is 2. The number of hydrogen-bond acceptors (Lipinski definition) is 4. The van der Waals surface area contributed by atoms with Gasteiger partial charge in [0.2, 0.25) is 11.8 Å². The van der Waals surface area contributed by atoms with Crippen LogP contribution in [0.4, 0.5) is 17.1 Å². The van der Waals surface area contributed by atoms with E-state index in [4.69, 9.17) is 5.26 Å². The molecule has 2 N–H and O–H groups in total. The molecule has 2 aromatic rings. The number of nitrogens with one attached hydrogen (secondary N) is 2. The summed E-state index contributed by atoms with van der Waals surface area (Å²) >= 11 is 0. The minimum Gasteiger partial charge on any atom is -0.374 e. The fourth-order valence-corrected chi connectivity index (χ4v) is 2.94. The second-order valence-electron chi connectivity index (χ2n) is 6.10. The third-order valence-electron chi connectivity index (χ3n) is 4.23. The van der Waals surface area contributed by atoms with Gasteiger partial charge in [0, 0.05) is 18.7 Å². The molecule has 1 heterocycles. The van der Waals surface area contributed by atoms with Gasteiger partial charge >= 0.3 is 0 Å². The number of nitrogens with zero attached hydrogens (tertiary/aromatic N) is 2. The molecule has 1 aliphatic heterocycles. The molecule has 0 atom stereocenters. The molecule has 2 amide bonds. The summed E-state index contributed by atoms with van der Waals surface area (Å²) in [6, 6.07) is 16.8. The molecule has 3 rings (SSSR count). The van der Waals surface area contributed by atoms with E-state index in [9.17, 15) is 9.59 Å². The molecule has 0 saturated carbocycles. The van der Waals surface area contributed by atoms with Crippen molar-refractivity contribution in [3.05, 3.63) is 54.1 Å². The first kappa shape index (κ1) is 17.5. The van der Waals surface area contributed by atoms with E-state index in [1.165, 1.54) is 0 Å². The summed E-state index contributed by atoms with van der Waals surface area (Å²) < 4.78 is 0. The molecular formula is C20H20N4O2. The lowest BCUT2D eigenvalue weighted by Gasteiger charge is -2.20. The topological polar surface area (TPSA) is 85.2 Å². The van der Waals surface area contributed by atoms with E-state index in [2.05, 4.69) is 16.7 Å². The van der Waals surface area contributed by atoms with E-state index >= 15 is 0 Å². The summed E-state index contributed by atoms with van der Waals surface area (Å²) in [5, 5.41) is 14.6. The maximum absolute atomic E-state index is 12.2. The lowest BCUT2D eigenvalue weighted by atomic mass is 10.1. The molecule has 1 aliphatic rings. The molecule has 6 nitrogen and oxygen atoms in total. The van der Waals surface area contributed by atoms with Crippen molar-refractivity contribution in [3.8, 4) is 6.07 Å². The van der Waals surface area contributed by atoms with E-state index < -0.39 is 0 Å². The highest BCUT2D eigenvalue weighted by atomic mass is 16.2. The van der Waals surface area contributed by atoms with Gasteiger partial charge in [-0.2, -0.15) is 5.26 Å². The van der Waals surface area contributed by atoms with Crippen molar-refractivity contribution in [2.75, 3.05) is 28.6 Å².